The number of Topliss-reactive ketones (excluding diaryl/α,β-unsaturated/α-hetero) is 1. The van der Waals surface area contributed by atoms with E-state index in [-0.39, 0.29) is 5.41 Å². The van der Waals surface area contributed by atoms with Crippen molar-refractivity contribution in [1.29, 1.82) is 0 Å². The lowest BCUT2D eigenvalue weighted by Gasteiger charge is -2.33. The number of nitrogens with zero attached hydrogens (tertiary/aromatic N) is 3. The molecule has 2 aromatic rings. The van der Waals surface area contributed by atoms with Crippen LogP contribution in [0.4, 0.5) is 0 Å². The van der Waals surface area contributed by atoms with E-state index in [1.165, 1.54) is 0 Å². The number of pyridine rings is 1. The first-order valence-electron chi connectivity index (χ1n) is 9.69. The largest absolute Gasteiger partial charge is 0.365 e. The Morgan fingerprint density at radius 1 is 1.26 bits per heavy atom. The predicted octanol–water partition coefficient (Wildman–Crippen LogP) is 2.61. The molecule has 27 heavy (non-hydrogen) atoms. The van der Waals surface area contributed by atoms with E-state index in [1.54, 1.807) is 6.07 Å². The van der Waals surface area contributed by atoms with Crippen molar-refractivity contribution in [2.24, 2.45) is 17.1 Å². The summed E-state index contributed by atoms with van der Waals surface area (Å²) >= 11 is 0. The predicted molar refractivity (Wildman–Crippen MR) is 106 cm³/mol. The number of nitrogens with two attached hydrogens (primary N) is 1. The van der Waals surface area contributed by atoms with Gasteiger partial charge in [0.15, 0.2) is 5.78 Å². The molecule has 0 atom stereocenters. The summed E-state index contributed by atoms with van der Waals surface area (Å²) in [4.78, 5) is 30.8. The Balaban J connectivity index is 1.68. The highest BCUT2D eigenvalue weighted by Crippen LogP contribution is 2.25. The van der Waals surface area contributed by atoms with Crippen LogP contribution in [0.1, 0.15) is 55.4 Å². The lowest BCUT2D eigenvalue weighted by atomic mass is 9.88. The van der Waals surface area contributed by atoms with E-state index in [0.29, 0.717) is 29.5 Å². The minimum Gasteiger partial charge on any atom is -0.365 e. The van der Waals surface area contributed by atoms with Gasteiger partial charge in [-0.15, -0.1) is 0 Å². The maximum atomic E-state index is 12.3. The van der Waals surface area contributed by atoms with Gasteiger partial charge in [-0.05, 0) is 57.3 Å². The van der Waals surface area contributed by atoms with Crippen molar-refractivity contribution in [2.75, 3.05) is 19.6 Å². The zero-order chi connectivity index (χ0) is 19.8. The van der Waals surface area contributed by atoms with Crippen molar-refractivity contribution in [3.63, 3.8) is 0 Å². The molecule has 0 bridgehead atoms. The minimum absolute atomic E-state index is 0.275. The Hall–Kier alpha value is -2.21. The fourth-order valence-electron chi connectivity index (χ4n) is 3.73. The van der Waals surface area contributed by atoms with Crippen molar-refractivity contribution in [2.45, 2.75) is 47.0 Å². The van der Waals surface area contributed by atoms with E-state index in [4.69, 9.17) is 5.73 Å². The molecular formula is C21H30N4O2. The molecular weight excluding hydrogens is 340 g/mol. The summed E-state index contributed by atoms with van der Waals surface area (Å²) < 4.78 is 2.00. The number of hydrogen-bond donors (Lipinski definition) is 1. The van der Waals surface area contributed by atoms with Crippen LogP contribution in [0, 0.1) is 18.3 Å². The zero-order valence-corrected chi connectivity index (χ0v) is 16.8. The maximum absolute atomic E-state index is 12.3. The monoisotopic (exact) mass is 370 g/mol. The lowest BCUT2D eigenvalue weighted by Crippen LogP contribution is -2.41. The van der Waals surface area contributed by atoms with Gasteiger partial charge in [0.1, 0.15) is 5.65 Å². The number of ketones is 1. The van der Waals surface area contributed by atoms with Gasteiger partial charge < -0.3 is 10.1 Å². The molecule has 6 heteroatoms. The second kappa shape index (κ2) is 7.43. The fraction of sp³-hybridized carbons (Fsp3) is 0.571. The molecule has 1 saturated heterocycles. The third-order valence-electron chi connectivity index (χ3n) is 5.61. The van der Waals surface area contributed by atoms with E-state index < -0.39 is 5.91 Å². The highest BCUT2D eigenvalue weighted by molar-refractivity contribution is 5.98. The Morgan fingerprint density at radius 2 is 1.93 bits per heavy atom. The SMILES string of the molecule is Cc1nc2c(C(N)=O)cccn2c1CC1CCN(CC(=O)C(C)(C)C)CC1. The number of fused-ring (bicyclic) bond motifs is 1. The average Bonchev–Trinajstić information content (AvgIpc) is 2.91. The molecule has 2 aromatic heterocycles. The van der Waals surface area contributed by atoms with Crippen molar-refractivity contribution in [3.8, 4) is 0 Å². The van der Waals surface area contributed by atoms with Gasteiger partial charge in [0.05, 0.1) is 17.8 Å². The third-order valence-corrected chi connectivity index (χ3v) is 5.61. The molecule has 1 amide bonds. The number of aryl methyl sites for hydroxylation is 1. The summed E-state index contributed by atoms with van der Waals surface area (Å²) in [7, 11) is 0. The molecule has 0 aromatic carbocycles. The summed E-state index contributed by atoms with van der Waals surface area (Å²) in [6, 6.07) is 3.57. The number of primary amides is 1. The van der Waals surface area contributed by atoms with Gasteiger partial charge in [-0.3, -0.25) is 14.5 Å². The van der Waals surface area contributed by atoms with Crippen LogP contribution < -0.4 is 5.73 Å². The van der Waals surface area contributed by atoms with Crippen LogP contribution in [0.3, 0.4) is 0 Å². The molecule has 3 rings (SSSR count). The first-order chi connectivity index (χ1) is 12.7. The number of aromatic nitrogens is 2. The smallest absolute Gasteiger partial charge is 0.252 e. The van der Waals surface area contributed by atoms with Crippen LogP contribution >= 0.6 is 0 Å². The molecule has 0 spiro atoms. The van der Waals surface area contributed by atoms with Gasteiger partial charge in [0.2, 0.25) is 0 Å². The van der Waals surface area contributed by atoms with Crippen LogP contribution in [-0.2, 0) is 11.2 Å². The Bertz CT molecular complexity index is 855. The normalized spacial score (nSPS) is 16.7. The van der Waals surface area contributed by atoms with Gasteiger partial charge in [-0.1, -0.05) is 20.8 Å². The number of carbonyl (C=O) groups excluding carboxylic acids is 2. The van der Waals surface area contributed by atoms with E-state index >= 15 is 0 Å². The van der Waals surface area contributed by atoms with Crippen LogP contribution in [-0.4, -0.2) is 45.6 Å². The second-order valence-electron chi connectivity index (χ2n) is 8.72. The maximum Gasteiger partial charge on any atom is 0.252 e. The molecule has 0 unspecified atom stereocenters. The summed E-state index contributed by atoms with van der Waals surface area (Å²) in [5.41, 5.74) is 8.42. The lowest BCUT2D eigenvalue weighted by molar-refractivity contribution is -0.127. The quantitative estimate of drug-likeness (QED) is 0.877. The molecule has 2 N–H and O–H groups in total. The van der Waals surface area contributed by atoms with Gasteiger partial charge in [-0.25, -0.2) is 4.98 Å². The third kappa shape index (κ3) is 4.21. The molecule has 0 saturated carbocycles. The first kappa shape index (κ1) is 19.5. The average molecular weight is 370 g/mol. The van der Waals surface area contributed by atoms with Crippen LogP contribution in [0.5, 0.6) is 0 Å². The van der Waals surface area contributed by atoms with Gasteiger partial charge in [0, 0.05) is 17.3 Å². The Kier molecular flexibility index (Phi) is 5.38. The first-order valence-corrected chi connectivity index (χ1v) is 9.69. The molecule has 1 aliphatic heterocycles. The van der Waals surface area contributed by atoms with Crippen molar-refractivity contribution >= 4 is 17.3 Å². The van der Waals surface area contributed by atoms with E-state index in [2.05, 4.69) is 9.88 Å². The van der Waals surface area contributed by atoms with Gasteiger partial charge in [-0.2, -0.15) is 0 Å². The molecule has 1 fully saturated rings. The van der Waals surface area contributed by atoms with E-state index in [9.17, 15) is 9.59 Å². The zero-order valence-electron chi connectivity index (χ0n) is 16.8. The second-order valence-corrected chi connectivity index (χ2v) is 8.72. The molecule has 3 heterocycles. The van der Waals surface area contributed by atoms with E-state index in [1.807, 2.05) is 44.4 Å². The molecule has 0 radical (unpaired) electrons. The number of likely N-dealkylation sites (tertiary alicyclic amines) is 1. The topological polar surface area (TPSA) is 80.7 Å². The number of amides is 1. The van der Waals surface area contributed by atoms with E-state index in [0.717, 1.165) is 43.7 Å². The van der Waals surface area contributed by atoms with Crippen molar-refractivity contribution in [1.82, 2.24) is 14.3 Å². The van der Waals surface area contributed by atoms with Gasteiger partial charge in [0.25, 0.3) is 5.91 Å². The summed E-state index contributed by atoms with van der Waals surface area (Å²) in [5.74, 6) is 0.411. The van der Waals surface area contributed by atoms with Crippen LogP contribution in [0.15, 0.2) is 18.3 Å². The standard InChI is InChI=1S/C21H30N4O2/c1-14-17(25-9-5-6-16(19(22)27)20(25)23-14)12-15-7-10-24(11-8-15)13-18(26)21(2,3)4/h5-6,9,15H,7-8,10-13H2,1-4H3,(H2,22,27). The fourth-order valence-corrected chi connectivity index (χ4v) is 3.73. The number of hydrogen-bond acceptors (Lipinski definition) is 4. The molecule has 0 aliphatic carbocycles. The summed E-state index contributed by atoms with van der Waals surface area (Å²) in [6.07, 6.45) is 5.02. The molecule has 146 valence electrons. The van der Waals surface area contributed by atoms with Crippen LogP contribution in [0.25, 0.3) is 5.65 Å². The Morgan fingerprint density at radius 3 is 2.52 bits per heavy atom. The highest BCUT2D eigenvalue weighted by Gasteiger charge is 2.27. The van der Waals surface area contributed by atoms with Gasteiger partial charge >= 0.3 is 0 Å². The van der Waals surface area contributed by atoms with Crippen molar-refractivity contribution < 1.29 is 9.59 Å². The minimum atomic E-state index is -0.450. The van der Waals surface area contributed by atoms with Crippen molar-refractivity contribution in [3.05, 3.63) is 35.3 Å². The number of imidazole rings is 1. The highest BCUT2D eigenvalue weighted by atomic mass is 16.1. The number of carbonyl (C=O) groups is 2. The summed E-state index contributed by atoms with van der Waals surface area (Å²) in [6.45, 7) is 10.4. The summed E-state index contributed by atoms with van der Waals surface area (Å²) in [5, 5.41) is 0. The number of rotatable bonds is 5. The Labute approximate surface area is 160 Å². The molecule has 6 nitrogen and oxygen atoms in total. The molecule has 1 aliphatic rings. The number of piperidine rings is 1. The van der Waals surface area contributed by atoms with Crippen LogP contribution in [0.2, 0.25) is 0 Å².